The molecule has 0 saturated heterocycles. The Labute approximate surface area is 111 Å². The second kappa shape index (κ2) is 5.34. The monoisotopic (exact) mass is 263 g/mol. The van der Waals surface area contributed by atoms with Crippen molar-refractivity contribution < 1.29 is 14.7 Å². The summed E-state index contributed by atoms with van der Waals surface area (Å²) in [4.78, 5) is 33.0. The highest BCUT2D eigenvalue weighted by Crippen LogP contribution is 2.33. The van der Waals surface area contributed by atoms with Gasteiger partial charge in [0.15, 0.2) is 0 Å². The topological polar surface area (TPSA) is 83.4 Å². The molecule has 1 amide bonds. The normalized spacial score (nSPS) is 17.7. The molecular weight excluding hydrogens is 246 g/mol. The highest BCUT2D eigenvalue weighted by Gasteiger charge is 2.45. The average Bonchev–Trinajstić information content (AvgIpc) is 2.47. The molecule has 2 rings (SSSR count). The van der Waals surface area contributed by atoms with Gasteiger partial charge < -0.3 is 10.0 Å². The van der Waals surface area contributed by atoms with Gasteiger partial charge in [0.25, 0.3) is 5.91 Å². The maximum atomic E-state index is 12.3. The summed E-state index contributed by atoms with van der Waals surface area (Å²) < 4.78 is 0. The van der Waals surface area contributed by atoms with Crippen molar-refractivity contribution in [3.05, 3.63) is 24.3 Å². The minimum Gasteiger partial charge on any atom is -0.479 e. The van der Waals surface area contributed by atoms with Crippen LogP contribution in [0, 0.1) is 0 Å². The first-order valence-electron chi connectivity index (χ1n) is 6.35. The zero-order chi connectivity index (χ0) is 13.9. The second-order valence-corrected chi connectivity index (χ2v) is 4.85. The molecule has 1 aliphatic carbocycles. The number of likely N-dealkylation sites (N-methyl/N-ethyl adjacent to an activating group) is 1. The summed E-state index contributed by atoms with van der Waals surface area (Å²) in [6.07, 6.45) is 7.91. The summed E-state index contributed by atoms with van der Waals surface area (Å²) >= 11 is 0. The number of carboxylic acid groups (broad SMARTS) is 1. The van der Waals surface area contributed by atoms with E-state index in [1.165, 1.54) is 30.5 Å². The number of hydrogen-bond donors (Lipinski definition) is 1. The molecule has 0 atom stereocenters. The summed E-state index contributed by atoms with van der Waals surface area (Å²) in [6.45, 7) is 0. The van der Waals surface area contributed by atoms with Crippen molar-refractivity contribution in [2.24, 2.45) is 0 Å². The average molecular weight is 263 g/mol. The first-order valence-corrected chi connectivity index (χ1v) is 6.35. The van der Waals surface area contributed by atoms with E-state index >= 15 is 0 Å². The van der Waals surface area contributed by atoms with E-state index in [4.69, 9.17) is 0 Å². The zero-order valence-corrected chi connectivity index (χ0v) is 10.9. The molecule has 1 heterocycles. The Bertz CT molecular complexity index is 469. The lowest BCUT2D eigenvalue weighted by atomic mass is 9.80. The quantitative estimate of drug-likeness (QED) is 0.889. The number of nitrogens with zero attached hydrogens (tertiary/aromatic N) is 3. The number of carbonyl (C=O) groups is 2. The van der Waals surface area contributed by atoms with Gasteiger partial charge in [0.1, 0.15) is 11.2 Å². The maximum absolute atomic E-state index is 12.3. The van der Waals surface area contributed by atoms with Gasteiger partial charge in [0, 0.05) is 19.4 Å². The Hall–Kier alpha value is -1.98. The summed E-state index contributed by atoms with van der Waals surface area (Å²) in [5.41, 5.74) is -0.927. The molecule has 1 aromatic heterocycles. The molecule has 0 spiro atoms. The van der Waals surface area contributed by atoms with E-state index in [-0.39, 0.29) is 5.69 Å². The van der Waals surface area contributed by atoms with Crippen molar-refractivity contribution in [1.82, 2.24) is 14.9 Å². The van der Waals surface area contributed by atoms with Crippen molar-refractivity contribution in [3.8, 4) is 0 Å². The van der Waals surface area contributed by atoms with Crippen molar-refractivity contribution in [1.29, 1.82) is 0 Å². The third-order valence-corrected chi connectivity index (χ3v) is 3.81. The van der Waals surface area contributed by atoms with Crippen LogP contribution in [0.1, 0.15) is 42.6 Å². The molecule has 1 aromatic rings. The lowest BCUT2D eigenvalue weighted by molar-refractivity contribution is -0.151. The number of amides is 1. The van der Waals surface area contributed by atoms with Crippen LogP contribution in [0.2, 0.25) is 0 Å². The molecule has 0 unspecified atom stereocenters. The van der Waals surface area contributed by atoms with Gasteiger partial charge in [-0.15, -0.1) is 0 Å². The molecule has 0 aromatic carbocycles. The Morgan fingerprint density at radius 2 is 1.95 bits per heavy atom. The van der Waals surface area contributed by atoms with Gasteiger partial charge >= 0.3 is 5.97 Å². The molecule has 1 N–H and O–H groups in total. The summed E-state index contributed by atoms with van der Waals surface area (Å²) in [6, 6.07) is 0. The number of carboxylic acids is 1. The van der Waals surface area contributed by atoms with Gasteiger partial charge in [-0.25, -0.2) is 9.78 Å². The number of aromatic nitrogens is 2. The molecule has 0 bridgehead atoms. The van der Waals surface area contributed by atoms with Crippen LogP contribution >= 0.6 is 0 Å². The predicted octanol–water partition coefficient (Wildman–Crippen LogP) is 1.34. The smallest absolute Gasteiger partial charge is 0.329 e. The van der Waals surface area contributed by atoms with Crippen molar-refractivity contribution in [2.45, 2.75) is 37.6 Å². The summed E-state index contributed by atoms with van der Waals surface area (Å²) in [7, 11) is 1.54. The third kappa shape index (κ3) is 2.43. The Kier molecular flexibility index (Phi) is 3.78. The van der Waals surface area contributed by atoms with Gasteiger partial charge in [0.2, 0.25) is 0 Å². The molecule has 0 aliphatic heterocycles. The lowest BCUT2D eigenvalue weighted by Crippen LogP contribution is -2.56. The standard InChI is InChI=1S/C13H17N3O3/c1-16(11(17)10-9-14-7-8-15-10)13(12(18)19)5-3-2-4-6-13/h7-9H,2-6H2,1H3,(H,18,19). The highest BCUT2D eigenvalue weighted by atomic mass is 16.4. The van der Waals surface area contributed by atoms with Crippen LogP contribution in [0.5, 0.6) is 0 Å². The van der Waals surface area contributed by atoms with E-state index in [9.17, 15) is 14.7 Å². The molecule has 0 radical (unpaired) electrons. The van der Waals surface area contributed by atoms with E-state index in [1.807, 2.05) is 0 Å². The number of hydrogen-bond acceptors (Lipinski definition) is 4. The van der Waals surface area contributed by atoms with E-state index in [1.54, 1.807) is 0 Å². The number of aliphatic carboxylic acids is 1. The summed E-state index contributed by atoms with van der Waals surface area (Å²) in [5, 5.41) is 9.53. The van der Waals surface area contributed by atoms with E-state index < -0.39 is 17.4 Å². The van der Waals surface area contributed by atoms with Gasteiger partial charge in [-0.05, 0) is 12.8 Å². The maximum Gasteiger partial charge on any atom is 0.329 e. The Morgan fingerprint density at radius 3 is 2.47 bits per heavy atom. The van der Waals surface area contributed by atoms with Crippen LogP contribution in [0.25, 0.3) is 0 Å². The fraction of sp³-hybridized carbons (Fsp3) is 0.538. The SMILES string of the molecule is CN(C(=O)c1cnccn1)C1(C(=O)O)CCCCC1. The Morgan fingerprint density at radius 1 is 1.26 bits per heavy atom. The minimum absolute atomic E-state index is 0.177. The fourth-order valence-electron chi connectivity index (χ4n) is 2.61. The van der Waals surface area contributed by atoms with E-state index in [0.29, 0.717) is 12.8 Å². The van der Waals surface area contributed by atoms with Crippen LogP contribution in [0.15, 0.2) is 18.6 Å². The molecular formula is C13H17N3O3. The molecule has 19 heavy (non-hydrogen) atoms. The fourth-order valence-corrected chi connectivity index (χ4v) is 2.61. The summed E-state index contributed by atoms with van der Waals surface area (Å²) in [5.74, 6) is -1.33. The van der Waals surface area contributed by atoms with Gasteiger partial charge in [-0.1, -0.05) is 19.3 Å². The molecule has 102 valence electrons. The molecule has 1 saturated carbocycles. The van der Waals surface area contributed by atoms with Crippen LogP contribution in [0.3, 0.4) is 0 Å². The van der Waals surface area contributed by atoms with Crippen LogP contribution in [0.4, 0.5) is 0 Å². The third-order valence-electron chi connectivity index (χ3n) is 3.81. The van der Waals surface area contributed by atoms with Crippen LogP contribution in [-0.4, -0.2) is 44.4 Å². The molecule has 6 nitrogen and oxygen atoms in total. The Balaban J connectivity index is 2.27. The van der Waals surface area contributed by atoms with Gasteiger partial charge in [-0.3, -0.25) is 9.78 Å². The molecule has 1 aliphatic rings. The van der Waals surface area contributed by atoms with Gasteiger partial charge in [0.05, 0.1) is 6.20 Å². The van der Waals surface area contributed by atoms with Crippen molar-refractivity contribution >= 4 is 11.9 Å². The van der Waals surface area contributed by atoms with E-state index in [2.05, 4.69) is 9.97 Å². The van der Waals surface area contributed by atoms with Crippen molar-refractivity contribution in [3.63, 3.8) is 0 Å². The van der Waals surface area contributed by atoms with E-state index in [0.717, 1.165) is 19.3 Å². The first kappa shape index (κ1) is 13.5. The zero-order valence-electron chi connectivity index (χ0n) is 10.9. The highest BCUT2D eigenvalue weighted by molar-refractivity contribution is 5.96. The lowest BCUT2D eigenvalue weighted by Gasteiger charge is -2.40. The largest absolute Gasteiger partial charge is 0.479 e. The first-order chi connectivity index (χ1) is 9.08. The second-order valence-electron chi connectivity index (χ2n) is 4.85. The number of carbonyl (C=O) groups excluding carboxylic acids is 1. The molecule has 6 heteroatoms. The predicted molar refractivity (Wildman–Crippen MR) is 67.6 cm³/mol. The molecule has 1 fully saturated rings. The van der Waals surface area contributed by atoms with Crippen LogP contribution < -0.4 is 0 Å². The van der Waals surface area contributed by atoms with Crippen LogP contribution in [-0.2, 0) is 4.79 Å². The number of rotatable bonds is 3. The van der Waals surface area contributed by atoms with Gasteiger partial charge in [-0.2, -0.15) is 0 Å². The van der Waals surface area contributed by atoms with Crippen molar-refractivity contribution in [2.75, 3.05) is 7.05 Å². The minimum atomic E-state index is -1.10.